The number of aromatic nitrogens is 1. The minimum atomic E-state index is -0.210. The number of likely N-dealkylation sites (tertiary alicyclic amines) is 1. The van der Waals surface area contributed by atoms with E-state index >= 15 is 0 Å². The number of furan rings is 1. The number of rotatable bonds is 5. The lowest BCUT2D eigenvalue weighted by molar-refractivity contribution is -0.118. The largest absolute Gasteiger partial charge is 0.457 e. The van der Waals surface area contributed by atoms with Crippen molar-refractivity contribution in [2.45, 2.75) is 19.4 Å². The van der Waals surface area contributed by atoms with Gasteiger partial charge in [-0.05, 0) is 43.1 Å². The summed E-state index contributed by atoms with van der Waals surface area (Å²) in [5.74, 6) is 1.92. The molecule has 1 aromatic carbocycles. The molecule has 3 heterocycles. The quantitative estimate of drug-likeness (QED) is 0.773. The fraction of sp³-hybridized carbons (Fsp3) is 0.333. The molecule has 6 heteroatoms. The summed E-state index contributed by atoms with van der Waals surface area (Å²) in [6, 6.07) is 12.1. The summed E-state index contributed by atoms with van der Waals surface area (Å²) in [6.45, 7) is 2.65. The van der Waals surface area contributed by atoms with Gasteiger partial charge in [-0.1, -0.05) is 12.1 Å². The van der Waals surface area contributed by atoms with Crippen molar-refractivity contribution in [3.63, 3.8) is 0 Å². The molecule has 1 aliphatic heterocycles. The third-order valence-electron chi connectivity index (χ3n) is 4.41. The summed E-state index contributed by atoms with van der Waals surface area (Å²) in [5, 5.41) is 0.912. The lowest BCUT2D eigenvalue weighted by Gasteiger charge is -2.13. The first-order valence-corrected chi connectivity index (χ1v) is 8.94. The Balaban J connectivity index is 1.44. The van der Waals surface area contributed by atoms with E-state index in [9.17, 15) is 4.79 Å². The van der Waals surface area contributed by atoms with Gasteiger partial charge in [0, 0.05) is 13.0 Å². The van der Waals surface area contributed by atoms with E-state index in [-0.39, 0.29) is 5.91 Å². The highest BCUT2D eigenvalue weighted by Crippen LogP contribution is 2.31. The van der Waals surface area contributed by atoms with Gasteiger partial charge in [0.25, 0.3) is 0 Å². The third-order valence-corrected chi connectivity index (χ3v) is 5.46. The number of carbonyl (C=O) groups is 1. The molecule has 1 amide bonds. The lowest BCUT2D eigenvalue weighted by atomic mass is 10.1. The van der Waals surface area contributed by atoms with Gasteiger partial charge in [0.2, 0.25) is 5.91 Å². The van der Waals surface area contributed by atoms with Gasteiger partial charge >= 0.3 is 0 Å². The second kappa shape index (κ2) is 6.37. The van der Waals surface area contributed by atoms with Crippen LogP contribution in [-0.4, -0.2) is 28.9 Å². The van der Waals surface area contributed by atoms with Crippen LogP contribution in [0.5, 0.6) is 0 Å². The van der Waals surface area contributed by atoms with Crippen LogP contribution in [0.1, 0.15) is 18.6 Å². The van der Waals surface area contributed by atoms with Gasteiger partial charge in [0.1, 0.15) is 5.76 Å². The van der Waals surface area contributed by atoms with E-state index in [0.717, 1.165) is 48.1 Å². The SMILES string of the molecule is NC(=O)CC1CCN(Cc2ccc(-c3nc4ccccc4s3)o2)C1. The fourth-order valence-electron chi connectivity index (χ4n) is 3.28. The zero-order valence-corrected chi connectivity index (χ0v) is 14.1. The van der Waals surface area contributed by atoms with E-state index < -0.39 is 0 Å². The van der Waals surface area contributed by atoms with Crippen LogP contribution in [0, 0.1) is 5.92 Å². The van der Waals surface area contributed by atoms with Crippen molar-refractivity contribution in [3.8, 4) is 10.8 Å². The van der Waals surface area contributed by atoms with Gasteiger partial charge in [-0.25, -0.2) is 4.98 Å². The summed E-state index contributed by atoms with van der Waals surface area (Å²) in [4.78, 5) is 18.0. The predicted molar refractivity (Wildman–Crippen MR) is 94.5 cm³/mol. The molecule has 1 aliphatic rings. The molecule has 24 heavy (non-hydrogen) atoms. The number of hydrogen-bond donors (Lipinski definition) is 1. The molecular weight excluding hydrogens is 322 g/mol. The van der Waals surface area contributed by atoms with Crippen LogP contribution in [0.4, 0.5) is 0 Å². The van der Waals surface area contributed by atoms with Gasteiger partial charge in [0.15, 0.2) is 10.8 Å². The Labute approximate surface area is 144 Å². The minimum Gasteiger partial charge on any atom is -0.457 e. The zero-order valence-electron chi connectivity index (χ0n) is 13.3. The Kier molecular flexibility index (Phi) is 4.08. The van der Waals surface area contributed by atoms with Gasteiger partial charge in [-0.2, -0.15) is 0 Å². The third kappa shape index (κ3) is 3.20. The number of benzene rings is 1. The number of primary amides is 1. The molecule has 1 unspecified atom stereocenters. The summed E-state index contributed by atoms with van der Waals surface area (Å²) in [5.41, 5.74) is 6.29. The number of carbonyl (C=O) groups excluding carboxylic acids is 1. The molecule has 1 saturated heterocycles. The second-order valence-electron chi connectivity index (χ2n) is 6.31. The van der Waals surface area contributed by atoms with Crippen LogP contribution in [0.3, 0.4) is 0 Å². The molecule has 0 radical (unpaired) electrons. The first-order chi connectivity index (χ1) is 11.7. The molecule has 3 aromatic rings. The summed E-state index contributed by atoms with van der Waals surface area (Å²) in [6.07, 6.45) is 1.50. The number of nitrogens with two attached hydrogens (primary N) is 1. The highest BCUT2D eigenvalue weighted by atomic mass is 32.1. The maximum absolute atomic E-state index is 11.0. The van der Waals surface area contributed by atoms with Gasteiger partial charge in [-0.3, -0.25) is 9.69 Å². The number of fused-ring (bicyclic) bond motifs is 1. The standard InChI is InChI=1S/C18H19N3O2S/c19-17(22)9-12-7-8-21(10-12)11-13-5-6-15(23-13)18-20-14-3-1-2-4-16(14)24-18/h1-6,12H,7-11H2,(H2,19,22). The molecule has 5 nitrogen and oxygen atoms in total. The predicted octanol–water partition coefficient (Wildman–Crippen LogP) is 3.25. The molecular formula is C18H19N3O2S. The Bertz CT molecular complexity index is 837. The number of thiazole rings is 1. The molecule has 0 spiro atoms. The second-order valence-corrected chi connectivity index (χ2v) is 7.34. The molecule has 4 rings (SSSR count). The number of hydrogen-bond acceptors (Lipinski definition) is 5. The topological polar surface area (TPSA) is 72.4 Å². The molecule has 0 aliphatic carbocycles. The number of amides is 1. The van der Waals surface area contributed by atoms with Crippen LogP contribution < -0.4 is 5.73 Å². The van der Waals surface area contributed by atoms with Crippen molar-refractivity contribution >= 4 is 27.5 Å². The van der Waals surface area contributed by atoms with Crippen molar-refractivity contribution < 1.29 is 9.21 Å². The molecule has 2 aromatic heterocycles. The van der Waals surface area contributed by atoms with Crippen LogP contribution in [0.25, 0.3) is 21.0 Å². The van der Waals surface area contributed by atoms with E-state index in [0.29, 0.717) is 12.3 Å². The van der Waals surface area contributed by atoms with E-state index in [1.807, 2.05) is 30.3 Å². The number of para-hydroxylation sites is 1. The molecule has 124 valence electrons. The van der Waals surface area contributed by atoms with Crippen molar-refractivity contribution in [2.24, 2.45) is 11.7 Å². The van der Waals surface area contributed by atoms with Crippen molar-refractivity contribution in [1.82, 2.24) is 9.88 Å². The van der Waals surface area contributed by atoms with E-state index in [4.69, 9.17) is 10.2 Å². The van der Waals surface area contributed by atoms with E-state index in [1.54, 1.807) is 11.3 Å². The Hall–Kier alpha value is -2.18. The molecule has 0 bridgehead atoms. The first kappa shape index (κ1) is 15.4. The lowest BCUT2D eigenvalue weighted by Crippen LogP contribution is -2.22. The average Bonchev–Trinajstić information content (AvgIpc) is 3.26. The Morgan fingerprint density at radius 2 is 2.21 bits per heavy atom. The van der Waals surface area contributed by atoms with Crippen molar-refractivity contribution in [2.75, 3.05) is 13.1 Å². The normalized spacial score (nSPS) is 18.4. The number of nitrogens with zero attached hydrogens (tertiary/aromatic N) is 2. The smallest absolute Gasteiger partial charge is 0.217 e. The van der Waals surface area contributed by atoms with Gasteiger partial charge in [-0.15, -0.1) is 11.3 Å². The highest BCUT2D eigenvalue weighted by Gasteiger charge is 2.24. The average molecular weight is 341 g/mol. The summed E-state index contributed by atoms with van der Waals surface area (Å²) < 4.78 is 7.16. The van der Waals surface area contributed by atoms with Crippen LogP contribution in [0.15, 0.2) is 40.8 Å². The van der Waals surface area contributed by atoms with Crippen LogP contribution in [0.2, 0.25) is 0 Å². The fourth-order valence-corrected chi connectivity index (χ4v) is 4.21. The molecule has 2 N–H and O–H groups in total. The molecule has 1 fully saturated rings. The van der Waals surface area contributed by atoms with Crippen LogP contribution >= 0.6 is 11.3 Å². The van der Waals surface area contributed by atoms with Crippen molar-refractivity contribution in [3.05, 3.63) is 42.2 Å². The maximum Gasteiger partial charge on any atom is 0.217 e. The highest BCUT2D eigenvalue weighted by molar-refractivity contribution is 7.21. The van der Waals surface area contributed by atoms with Crippen LogP contribution in [-0.2, 0) is 11.3 Å². The maximum atomic E-state index is 11.0. The monoisotopic (exact) mass is 341 g/mol. The first-order valence-electron chi connectivity index (χ1n) is 8.13. The van der Waals surface area contributed by atoms with Crippen molar-refractivity contribution in [1.29, 1.82) is 0 Å². The van der Waals surface area contributed by atoms with E-state index in [1.165, 1.54) is 4.70 Å². The minimum absolute atomic E-state index is 0.210. The Morgan fingerprint density at radius 3 is 3.04 bits per heavy atom. The summed E-state index contributed by atoms with van der Waals surface area (Å²) >= 11 is 1.64. The van der Waals surface area contributed by atoms with E-state index in [2.05, 4.69) is 16.0 Å². The molecule has 1 atom stereocenters. The summed E-state index contributed by atoms with van der Waals surface area (Å²) in [7, 11) is 0. The molecule has 0 saturated carbocycles. The zero-order chi connectivity index (χ0) is 16.5. The van der Waals surface area contributed by atoms with Gasteiger partial charge < -0.3 is 10.2 Å². The Morgan fingerprint density at radius 1 is 1.33 bits per heavy atom. The van der Waals surface area contributed by atoms with Gasteiger partial charge in [0.05, 0.1) is 16.8 Å².